The quantitative estimate of drug-likeness (QED) is 0.899. The lowest BCUT2D eigenvalue weighted by Crippen LogP contribution is -2.34. The van der Waals surface area contributed by atoms with Gasteiger partial charge in [0.25, 0.3) is 0 Å². The monoisotopic (exact) mass is 326 g/mol. The summed E-state index contributed by atoms with van der Waals surface area (Å²) in [5.74, 6) is 1.95. The van der Waals surface area contributed by atoms with Crippen molar-refractivity contribution in [1.29, 1.82) is 0 Å². The maximum atomic E-state index is 11.2. The van der Waals surface area contributed by atoms with Crippen LogP contribution in [0.4, 0.5) is 23.1 Å². The van der Waals surface area contributed by atoms with Crippen molar-refractivity contribution in [3.63, 3.8) is 0 Å². The van der Waals surface area contributed by atoms with Crippen molar-refractivity contribution in [3.8, 4) is 0 Å². The minimum Gasteiger partial charge on any atom is -0.339 e. The number of carbonyl (C=O) groups excluding carboxylic acids is 1. The number of rotatable bonds is 4. The highest BCUT2D eigenvalue weighted by Crippen LogP contribution is 2.22. The molecule has 0 atom stereocenters. The average molecular weight is 326 g/mol. The Morgan fingerprint density at radius 3 is 2.75 bits per heavy atom. The van der Waals surface area contributed by atoms with Crippen LogP contribution in [0.2, 0.25) is 0 Å². The summed E-state index contributed by atoms with van der Waals surface area (Å²) in [4.78, 5) is 17.9. The number of aromatic nitrogens is 3. The Morgan fingerprint density at radius 2 is 2.00 bits per heavy atom. The van der Waals surface area contributed by atoms with Crippen LogP contribution in [-0.4, -0.2) is 34.2 Å². The Kier molecular flexibility index (Phi) is 4.88. The third-order valence-electron chi connectivity index (χ3n) is 4.07. The van der Waals surface area contributed by atoms with Crippen LogP contribution in [0.1, 0.15) is 26.7 Å². The molecule has 1 saturated heterocycles. The van der Waals surface area contributed by atoms with E-state index in [1.165, 1.54) is 6.92 Å². The number of nitrogens with zero attached hydrogens (tertiary/aromatic N) is 4. The van der Waals surface area contributed by atoms with Gasteiger partial charge in [-0.05, 0) is 37.0 Å². The zero-order valence-corrected chi connectivity index (χ0v) is 14.0. The second-order valence-corrected chi connectivity index (χ2v) is 6.20. The van der Waals surface area contributed by atoms with E-state index >= 15 is 0 Å². The minimum atomic E-state index is -0.0996. The SMILES string of the molecule is CC(=O)Nc1cccc(Nc2cnnc(N3CCC(C)CC3)n2)c1. The third kappa shape index (κ3) is 4.18. The predicted octanol–water partition coefficient (Wildman–Crippen LogP) is 2.81. The molecule has 0 saturated carbocycles. The van der Waals surface area contributed by atoms with Crippen LogP contribution in [0.5, 0.6) is 0 Å². The van der Waals surface area contributed by atoms with E-state index in [1.807, 2.05) is 24.3 Å². The number of piperidine rings is 1. The molecular weight excluding hydrogens is 304 g/mol. The highest BCUT2D eigenvalue weighted by atomic mass is 16.1. The number of carbonyl (C=O) groups is 1. The van der Waals surface area contributed by atoms with Gasteiger partial charge in [0.15, 0.2) is 5.82 Å². The van der Waals surface area contributed by atoms with Gasteiger partial charge in [-0.2, -0.15) is 10.1 Å². The number of amides is 1. The normalized spacial score (nSPS) is 15.2. The number of hydrogen-bond donors (Lipinski definition) is 2. The predicted molar refractivity (Wildman–Crippen MR) is 94.5 cm³/mol. The molecule has 0 spiro atoms. The molecule has 126 valence electrons. The highest BCUT2D eigenvalue weighted by Gasteiger charge is 2.18. The van der Waals surface area contributed by atoms with Gasteiger partial charge in [0.05, 0.1) is 6.20 Å². The Morgan fingerprint density at radius 1 is 1.25 bits per heavy atom. The van der Waals surface area contributed by atoms with E-state index in [2.05, 4.69) is 37.6 Å². The number of nitrogens with one attached hydrogen (secondary N) is 2. The van der Waals surface area contributed by atoms with Crippen LogP contribution in [0, 0.1) is 5.92 Å². The van der Waals surface area contributed by atoms with Crippen molar-refractivity contribution in [2.75, 3.05) is 28.6 Å². The Hall–Kier alpha value is -2.70. The lowest BCUT2D eigenvalue weighted by molar-refractivity contribution is -0.114. The molecule has 2 N–H and O–H groups in total. The Bertz CT molecular complexity index is 712. The lowest BCUT2D eigenvalue weighted by atomic mass is 10.00. The molecule has 1 aromatic carbocycles. The molecule has 0 bridgehead atoms. The first-order valence-electron chi connectivity index (χ1n) is 8.19. The van der Waals surface area contributed by atoms with Crippen LogP contribution in [0.3, 0.4) is 0 Å². The van der Waals surface area contributed by atoms with Crippen molar-refractivity contribution in [1.82, 2.24) is 15.2 Å². The summed E-state index contributed by atoms with van der Waals surface area (Å²) in [5.41, 5.74) is 1.57. The molecule has 0 aliphatic carbocycles. The molecule has 2 heterocycles. The molecule has 1 aromatic heterocycles. The molecule has 24 heavy (non-hydrogen) atoms. The summed E-state index contributed by atoms with van der Waals surface area (Å²) in [6.07, 6.45) is 3.90. The lowest BCUT2D eigenvalue weighted by Gasteiger charge is -2.29. The van der Waals surface area contributed by atoms with Crippen LogP contribution < -0.4 is 15.5 Å². The van der Waals surface area contributed by atoms with Crippen molar-refractivity contribution in [2.24, 2.45) is 5.92 Å². The molecule has 7 nitrogen and oxygen atoms in total. The van der Waals surface area contributed by atoms with Crippen LogP contribution in [0.25, 0.3) is 0 Å². The maximum absolute atomic E-state index is 11.2. The summed E-state index contributed by atoms with van der Waals surface area (Å²) in [7, 11) is 0. The third-order valence-corrected chi connectivity index (χ3v) is 4.07. The fourth-order valence-electron chi connectivity index (χ4n) is 2.72. The van der Waals surface area contributed by atoms with Gasteiger partial charge in [-0.3, -0.25) is 4.79 Å². The van der Waals surface area contributed by atoms with Crippen molar-refractivity contribution >= 4 is 29.0 Å². The van der Waals surface area contributed by atoms with Gasteiger partial charge in [0.2, 0.25) is 11.9 Å². The Balaban J connectivity index is 1.71. The fourth-order valence-corrected chi connectivity index (χ4v) is 2.72. The molecule has 3 rings (SSSR count). The van der Waals surface area contributed by atoms with Crippen molar-refractivity contribution < 1.29 is 4.79 Å². The summed E-state index contributed by atoms with van der Waals surface area (Å²) >= 11 is 0. The second kappa shape index (κ2) is 7.25. The van der Waals surface area contributed by atoms with Gasteiger partial charge in [0.1, 0.15) is 0 Å². The molecule has 1 aliphatic heterocycles. The summed E-state index contributed by atoms with van der Waals surface area (Å²) in [6.45, 7) is 5.69. The number of anilines is 4. The largest absolute Gasteiger partial charge is 0.339 e. The molecule has 0 radical (unpaired) electrons. The van der Waals surface area contributed by atoms with Gasteiger partial charge < -0.3 is 15.5 Å². The molecule has 7 heteroatoms. The van der Waals surface area contributed by atoms with Crippen LogP contribution >= 0.6 is 0 Å². The standard InChI is InChI=1S/C17H22N6O/c1-12-6-8-23(9-7-12)17-21-16(11-18-22-17)20-15-5-3-4-14(10-15)19-13(2)24/h3-5,10-12H,6-9H2,1-2H3,(H,19,24)(H,20,21,22). The van der Waals surface area contributed by atoms with Gasteiger partial charge in [-0.25, -0.2) is 0 Å². The first-order valence-corrected chi connectivity index (χ1v) is 8.19. The second-order valence-electron chi connectivity index (χ2n) is 6.20. The zero-order valence-electron chi connectivity index (χ0n) is 14.0. The van der Waals surface area contributed by atoms with Gasteiger partial charge >= 0.3 is 0 Å². The van der Waals surface area contributed by atoms with E-state index in [9.17, 15) is 4.79 Å². The van der Waals surface area contributed by atoms with E-state index in [1.54, 1.807) is 6.20 Å². The number of hydrogen-bond acceptors (Lipinski definition) is 6. The van der Waals surface area contributed by atoms with Crippen molar-refractivity contribution in [3.05, 3.63) is 30.5 Å². The minimum absolute atomic E-state index is 0.0996. The topological polar surface area (TPSA) is 83.0 Å². The molecule has 1 aliphatic rings. The molecule has 1 fully saturated rings. The van der Waals surface area contributed by atoms with Crippen molar-refractivity contribution in [2.45, 2.75) is 26.7 Å². The molecule has 0 unspecified atom stereocenters. The molecular formula is C17H22N6O. The summed E-state index contributed by atoms with van der Waals surface area (Å²) in [5, 5.41) is 14.2. The Labute approximate surface area is 141 Å². The van der Waals surface area contributed by atoms with Crippen LogP contribution in [-0.2, 0) is 4.79 Å². The van der Waals surface area contributed by atoms with Gasteiger partial charge in [0, 0.05) is 31.4 Å². The summed E-state index contributed by atoms with van der Waals surface area (Å²) in [6, 6.07) is 7.47. The first-order chi connectivity index (χ1) is 11.6. The van der Waals surface area contributed by atoms with Gasteiger partial charge in [-0.1, -0.05) is 13.0 Å². The first kappa shape index (κ1) is 16.2. The van der Waals surface area contributed by atoms with E-state index < -0.39 is 0 Å². The maximum Gasteiger partial charge on any atom is 0.247 e. The van der Waals surface area contributed by atoms with Gasteiger partial charge in [-0.15, -0.1) is 5.10 Å². The molecule has 1 amide bonds. The average Bonchev–Trinajstić information content (AvgIpc) is 2.55. The van der Waals surface area contributed by atoms with E-state index in [-0.39, 0.29) is 5.91 Å². The zero-order chi connectivity index (χ0) is 16.9. The fraction of sp³-hybridized carbons (Fsp3) is 0.412. The van der Waals surface area contributed by atoms with E-state index in [0.29, 0.717) is 11.8 Å². The number of benzene rings is 1. The summed E-state index contributed by atoms with van der Waals surface area (Å²) < 4.78 is 0. The van der Waals surface area contributed by atoms with Crippen LogP contribution in [0.15, 0.2) is 30.5 Å². The molecule has 2 aromatic rings. The van der Waals surface area contributed by atoms with E-state index in [4.69, 9.17) is 0 Å². The van der Waals surface area contributed by atoms with E-state index in [0.717, 1.165) is 43.2 Å². The smallest absolute Gasteiger partial charge is 0.247 e. The highest BCUT2D eigenvalue weighted by molar-refractivity contribution is 5.89.